The molecule has 0 spiro atoms. The van der Waals surface area contributed by atoms with Crippen molar-refractivity contribution in [3.63, 3.8) is 0 Å². The van der Waals surface area contributed by atoms with Gasteiger partial charge in [0.25, 0.3) is 5.91 Å². The summed E-state index contributed by atoms with van der Waals surface area (Å²) in [5.74, 6) is -0.192. The van der Waals surface area contributed by atoms with Gasteiger partial charge in [-0.3, -0.25) is 9.63 Å². The van der Waals surface area contributed by atoms with Crippen LogP contribution in [0.2, 0.25) is 0 Å². The highest BCUT2D eigenvalue weighted by Crippen LogP contribution is 2.32. The number of hydrogen-bond acceptors (Lipinski definition) is 2. The van der Waals surface area contributed by atoms with Crippen LogP contribution >= 0.6 is 0 Å². The molecule has 2 aromatic carbocycles. The monoisotopic (exact) mass is 227 g/mol. The van der Waals surface area contributed by atoms with E-state index in [-0.39, 0.29) is 5.91 Å². The Morgan fingerprint density at radius 1 is 1.18 bits per heavy atom. The zero-order valence-electron chi connectivity index (χ0n) is 9.62. The molecule has 0 atom stereocenters. The van der Waals surface area contributed by atoms with E-state index in [1.807, 2.05) is 24.3 Å². The lowest BCUT2D eigenvalue weighted by Crippen LogP contribution is -2.22. The Morgan fingerprint density at radius 2 is 1.94 bits per heavy atom. The van der Waals surface area contributed by atoms with Crippen molar-refractivity contribution in [2.24, 2.45) is 0 Å². The van der Waals surface area contributed by atoms with E-state index in [9.17, 15) is 4.79 Å². The normalized spacial score (nSPS) is 13.0. The summed E-state index contributed by atoms with van der Waals surface area (Å²) < 4.78 is 0. The first kappa shape index (κ1) is 10.3. The maximum absolute atomic E-state index is 11.9. The third-order valence-corrected chi connectivity index (χ3v) is 3.32. The number of carbonyl (C=O) groups excluding carboxylic acids is 1. The van der Waals surface area contributed by atoms with Crippen LogP contribution in [0.4, 0.5) is 0 Å². The molecule has 17 heavy (non-hydrogen) atoms. The Labute approximate surface area is 99.3 Å². The van der Waals surface area contributed by atoms with Crippen LogP contribution in [0.3, 0.4) is 0 Å². The number of hydrogen-bond donors (Lipinski definition) is 1. The third-order valence-electron chi connectivity index (χ3n) is 3.32. The highest BCUT2D eigenvalue weighted by atomic mass is 16.6. The molecule has 86 valence electrons. The van der Waals surface area contributed by atoms with Crippen LogP contribution in [-0.2, 0) is 17.7 Å². The van der Waals surface area contributed by atoms with Gasteiger partial charge in [-0.2, -0.15) is 0 Å². The SMILES string of the molecule is CONC(=O)c1ccc2c3c(cccc13)CC2. The van der Waals surface area contributed by atoms with Gasteiger partial charge in [0.1, 0.15) is 0 Å². The lowest BCUT2D eigenvalue weighted by molar-refractivity contribution is 0.0539. The first-order chi connectivity index (χ1) is 8.31. The molecule has 3 heteroatoms. The summed E-state index contributed by atoms with van der Waals surface area (Å²) in [6, 6.07) is 10.1. The summed E-state index contributed by atoms with van der Waals surface area (Å²) in [7, 11) is 1.44. The fraction of sp³-hybridized carbons (Fsp3) is 0.214. The molecule has 0 aliphatic heterocycles. The van der Waals surface area contributed by atoms with E-state index < -0.39 is 0 Å². The van der Waals surface area contributed by atoms with Crippen molar-refractivity contribution in [3.05, 3.63) is 47.0 Å². The Morgan fingerprint density at radius 3 is 2.71 bits per heavy atom. The summed E-state index contributed by atoms with van der Waals surface area (Å²) in [6.45, 7) is 0. The minimum absolute atomic E-state index is 0.192. The van der Waals surface area contributed by atoms with Gasteiger partial charge in [0.2, 0.25) is 0 Å². The van der Waals surface area contributed by atoms with Crippen LogP contribution in [0.1, 0.15) is 21.5 Å². The third kappa shape index (κ3) is 1.51. The predicted molar refractivity (Wildman–Crippen MR) is 65.8 cm³/mol. The van der Waals surface area contributed by atoms with Gasteiger partial charge in [-0.15, -0.1) is 0 Å². The number of hydroxylamine groups is 1. The summed E-state index contributed by atoms with van der Waals surface area (Å²) in [6.07, 6.45) is 2.14. The molecular formula is C14H13NO2. The number of carbonyl (C=O) groups is 1. The zero-order chi connectivity index (χ0) is 11.8. The van der Waals surface area contributed by atoms with E-state index in [1.54, 1.807) is 0 Å². The first-order valence-electron chi connectivity index (χ1n) is 5.68. The van der Waals surface area contributed by atoms with Crippen molar-refractivity contribution in [2.75, 3.05) is 7.11 Å². The smallest absolute Gasteiger partial charge is 0.275 e. The van der Waals surface area contributed by atoms with Crippen LogP contribution in [0.15, 0.2) is 30.3 Å². The Bertz CT molecular complexity index is 594. The van der Waals surface area contributed by atoms with Crippen LogP contribution < -0.4 is 5.48 Å². The molecule has 0 radical (unpaired) electrons. The van der Waals surface area contributed by atoms with Crippen molar-refractivity contribution in [1.82, 2.24) is 5.48 Å². The molecule has 0 saturated heterocycles. The maximum Gasteiger partial charge on any atom is 0.275 e. The number of rotatable bonds is 2. The maximum atomic E-state index is 11.9. The van der Waals surface area contributed by atoms with Crippen molar-refractivity contribution >= 4 is 16.7 Å². The number of aryl methyl sites for hydroxylation is 2. The number of nitrogens with one attached hydrogen (secondary N) is 1. The highest BCUT2D eigenvalue weighted by Gasteiger charge is 2.18. The average Bonchev–Trinajstić information content (AvgIpc) is 2.76. The molecule has 1 aliphatic carbocycles. The van der Waals surface area contributed by atoms with E-state index in [4.69, 9.17) is 0 Å². The van der Waals surface area contributed by atoms with Crippen molar-refractivity contribution in [3.8, 4) is 0 Å². The molecule has 0 heterocycles. The number of benzene rings is 2. The van der Waals surface area contributed by atoms with Gasteiger partial charge in [-0.1, -0.05) is 24.3 Å². The van der Waals surface area contributed by atoms with E-state index in [1.165, 1.54) is 23.6 Å². The summed E-state index contributed by atoms with van der Waals surface area (Å²) in [5, 5.41) is 2.27. The van der Waals surface area contributed by atoms with Gasteiger partial charge in [-0.25, -0.2) is 5.48 Å². The van der Waals surface area contributed by atoms with E-state index in [0.29, 0.717) is 5.56 Å². The molecule has 2 aromatic rings. The van der Waals surface area contributed by atoms with E-state index in [0.717, 1.165) is 18.2 Å². The van der Waals surface area contributed by atoms with Crippen LogP contribution in [0.25, 0.3) is 10.8 Å². The van der Waals surface area contributed by atoms with Gasteiger partial charge in [-0.05, 0) is 40.8 Å². The summed E-state index contributed by atoms with van der Waals surface area (Å²) in [4.78, 5) is 16.5. The van der Waals surface area contributed by atoms with E-state index >= 15 is 0 Å². The molecule has 3 rings (SSSR count). The Balaban J connectivity index is 2.25. The quantitative estimate of drug-likeness (QED) is 0.799. The molecule has 0 saturated carbocycles. The van der Waals surface area contributed by atoms with Crippen LogP contribution in [-0.4, -0.2) is 13.0 Å². The lowest BCUT2D eigenvalue weighted by atomic mass is 10.00. The standard InChI is InChI=1S/C14H13NO2/c1-17-15-14(16)12-8-7-10-6-5-9-3-2-4-11(12)13(9)10/h2-4,7-8H,5-6H2,1H3,(H,15,16). The van der Waals surface area contributed by atoms with Gasteiger partial charge >= 0.3 is 0 Å². The lowest BCUT2D eigenvalue weighted by Gasteiger charge is -2.08. The molecule has 1 N–H and O–H groups in total. The van der Waals surface area contributed by atoms with Gasteiger partial charge in [0.15, 0.2) is 0 Å². The molecule has 1 aliphatic rings. The molecule has 0 fully saturated rings. The first-order valence-corrected chi connectivity index (χ1v) is 5.68. The van der Waals surface area contributed by atoms with Gasteiger partial charge in [0.05, 0.1) is 7.11 Å². The van der Waals surface area contributed by atoms with Gasteiger partial charge in [0, 0.05) is 5.56 Å². The molecule has 0 unspecified atom stereocenters. The van der Waals surface area contributed by atoms with Crippen LogP contribution in [0, 0.1) is 0 Å². The highest BCUT2D eigenvalue weighted by molar-refractivity contribution is 6.08. The average molecular weight is 227 g/mol. The number of amides is 1. The topological polar surface area (TPSA) is 38.3 Å². The summed E-state index contributed by atoms with van der Waals surface area (Å²) in [5.41, 5.74) is 5.72. The second-order valence-electron chi connectivity index (χ2n) is 4.25. The minimum Gasteiger partial charge on any atom is -0.277 e. The largest absolute Gasteiger partial charge is 0.277 e. The fourth-order valence-corrected chi connectivity index (χ4v) is 2.59. The predicted octanol–water partition coefficient (Wildman–Crippen LogP) is 2.23. The van der Waals surface area contributed by atoms with E-state index in [2.05, 4.69) is 16.4 Å². The Hall–Kier alpha value is -1.87. The van der Waals surface area contributed by atoms with Crippen molar-refractivity contribution in [2.45, 2.75) is 12.8 Å². The second-order valence-corrected chi connectivity index (χ2v) is 4.25. The fourth-order valence-electron chi connectivity index (χ4n) is 2.59. The molecule has 0 aromatic heterocycles. The van der Waals surface area contributed by atoms with Crippen molar-refractivity contribution in [1.29, 1.82) is 0 Å². The van der Waals surface area contributed by atoms with Crippen LogP contribution in [0.5, 0.6) is 0 Å². The van der Waals surface area contributed by atoms with Gasteiger partial charge < -0.3 is 0 Å². The zero-order valence-corrected chi connectivity index (χ0v) is 9.62. The Kier molecular flexibility index (Phi) is 2.34. The summed E-state index contributed by atoms with van der Waals surface area (Å²) >= 11 is 0. The minimum atomic E-state index is -0.192. The second kappa shape index (κ2) is 3.86. The molecule has 0 bridgehead atoms. The molecular weight excluding hydrogens is 214 g/mol. The molecule has 1 amide bonds. The van der Waals surface area contributed by atoms with Crippen molar-refractivity contribution < 1.29 is 9.63 Å². The molecule has 3 nitrogen and oxygen atoms in total.